The molecule has 2 N–H and O–H groups in total. The number of amides is 1. The Hall–Kier alpha value is -2.19. The van der Waals surface area contributed by atoms with Crippen molar-refractivity contribution in [1.82, 2.24) is 4.72 Å². The average molecular weight is 451 g/mol. The first kappa shape index (κ1) is 25.1. The maximum absolute atomic E-state index is 12.8. The molecule has 3 unspecified atom stereocenters. The predicted octanol–water partition coefficient (Wildman–Crippen LogP) is 3.73. The molecule has 1 aromatic rings. The molecule has 3 atom stereocenters. The lowest BCUT2D eigenvalue weighted by molar-refractivity contribution is -0.144. The van der Waals surface area contributed by atoms with Crippen LogP contribution in [0.2, 0.25) is 0 Å². The number of esters is 1. The summed E-state index contributed by atoms with van der Waals surface area (Å²) in [6.45, 7) is 10.1. The molecule has 1 aliphatic carbocycles. The van der Waals surface area contributed by atoms with E-state index in [4.69, 9.17) is 4.74 Å². The fourth-order valence-corrected chi connectivity index (χ4v) is 5.21. The van der Waals surface area contributed by atoms with Crippen LogP contribution in [0.25, 0.3) is 0 Å². The minimum absolute atomic E-state index is 0.0480. The highest BCUT2D eigenvalue weighted by Gasteiger charge is 2.33. The van der Waals surface area contributed by atoms with Crippen molar-refractivity contribution < 1.29 is 22.7 Å². The van der Waals surface area contributed by atoms with Gasteiger partial charge in [0.1, 0.15) is 0 Å². The lowest BCUT2D eigenvalue weighted by Gasteiger charge is -2.37. The number of hydrogen-bond donors (Lipinski definition) is 2. The Morgan fingerprint density at radius 2 is 1.84 bits per heavy atom. The lowest BCUT2D eigenvalue weighted by Crippen LogP contribution is -2.37. The van der Waals surface area contributed by atoms with Crippen LogP contribution in [0.5, 0.6) is 0 Å². The Labute approximate surface area is 185 Å². The molecule has 0 spiro atoms. The largest absolute Gasteiger partial charge is 0.466 e. The molecular weight excluding hydrogens is 416 g/mol. The molecule has 0 bridgehead atoms. The number of carbonyl (C=O) groups excluding carboxylic acids is 2. The van der Waals surface area contributed by atoms with E-state index < -0.39 is 10.0 Å². The van der Waals surface area contributed by atoms with Gasteiger partial charge in [0.15, 0.2) is 0 Å². The molecule has 1 aliphatic rings. The molecule has 8 heteroatoms. The van der Waals surface area contributed by atoms with Gasteiger partial charge in [0.2, 0.25) is 15.9 Å². The van der Waals surface area contributed by atoms with Gasteiger partial charge in [-0.2, -0.15) is 0 Å². The second kappa shape index (κ2) is 10.9. The smallest absolute Gasteiger partial charge is 0.306 e. The van der Waals surface area contributed by atoms with Crippen LogP contribution in [0.4, 0.5) is 5.69 Å². The highest BCUT2D eigenvalue weighted by atomic mass is 32.2. The van der Waals surface area contributed by atoms with Crippen molar-refractivity contribution in [3.8, 4) is 0 Å². The van der Waals surface area contributed by atoms with Gasteiger partial charge in [0, 0.05) is 19.2 Å². The zero-order valence-electron chi connectivity index (χ0n) is 19.0. The number of sulfonamides is 1. The minimum Gasteiger partial charge on any atom is -0.466 e. The van der Waals surface area contributed by atoms with Gasteiger partial charge in [-0.15, -0.1) is 0 Å². The van der Waals surface area contributed by atoms with Crippen molar-refractivity contribution in [3.05, 3.63) is 35.9 Å². The zero-order valence-corrected chi connectivity index (χ0v) is 19.8. The average Bonchev–Trinajstić information content (AvgIpc) is 2.68. The number of rotatable bonds is 9. The van der Waals surface area contributed by atoms with E-state index in [1.54, 1.807) is 19.1 Å². The summed E-state index contributed by atoms with van der Waals surface area (Å²) in [6, 6.07) is 6.09. The van der Waals surface area contributed by atoms with E-state index >= 15 is 0 Å². The SMILES string of the molecule is CCOC(=O)CC1CC(C(C)C)C(CNS(=O)(=O)c2ccc(NC(C)=O)cc2)C=C1C. The summed E-state index contributed by atoms with van der Waals surface area (Å²) >= 11 is 0. The lowest BCUT2D eigenvalue weighted by atomic mass is 9.70. The zero-order chi connectivity index (χ0) is 23.2. The van der Waals surface area contributed by atoms with Crippen LogP contribution >= 0.6 is 0 Å². The molecule has 0 radical (unpaired) electrons. The maximum Gasteiger partial charge on any atom is 0.306 e. The topological polar surface area (TPSA) is 102 Å². The highest BCUT2D eigenvalue weighted by molar-refractivity contribution is 7.89. The molecule has 172 valence electrons. The van der Waals surface area contributed by atoms with Crippen molar-refractivity contribution in [1.29, 1.82) is 0 Å². The number of hydrogen-bond acceptors (Lipinski definition) is 5. The molecular formula is C23H34N2O5S. The third kappa shape index (κ3) is 7.18. The number of ether oxygens (including phenoxy) is 1. The van der Waals surface area contributed by atoms with Crippen molar-refractivity contribution in [2.45, 2.75) is 52.4 Å². The fraction of sp³-hybridized carbons (Fsp3) is 0.565. The first-order chi connectivity index (χ1) is 14.5. The predicted molar refractivity (Wildman–Crippen MR) is 121 cm³/mol. The van der Waals surface area contributed by atoms with Gasteiger partial charge in [-0.1, -0.05) is 25.5 Å². The van der Waals surface area contributed by atoms with Crippen molar-refractivity contribution in [2.75, 3.05) is 18.5 Å². The van der Waals surface area contributed by atoms with Crippen LogP contribution in [-0.2, 0) is 24.3 Å². The number of allylic oxidation sites excluding steroid dienone is 1. The summed E-state index contributed by atoms with van der Waals surface area (Å²) < 4.78 is 33.4. The van der Waals surface area contributed by atoms with Gasteiger partial charge in [-0.05, 0) is 68.2 Å². The number of anilines is 1. The van der Waals surface area contributed by atoms with Crippen molar-refractivity contribution >= 4 is 27.6 Å². The fourth-order valence-electron chi connectivity index (χ4n) is 4.14. The van der Waals surface area contributed by atoms with Gasteiger partial charge in [0.05, 0.1) is 17.9 Å². The number of nitrogens with one attached hydrogen (secondary N) is 2. The Kier molecular flexibility index (Phi) is 8.82. The Bertz CT molecular complexity index is 906. The molecule has 1 aromatic carbocycles. The first-order valence-corrected chi connectivity index (χ1v) is 12.2. The van der Waals surface area contributed by atoms with Gasteiger partial charge in [-0.3, -0.25) is 9.59 Å². The maximum atomic E-state index is 12.8. The normalized spacial score (nSPS) is 21.5. The number of benzene rings is 1. The first-order valence-electron chi connectivity index (χ1n) is 10.7. The van der Waals surface area contributed by atoms with E-state index in [9.17, 15) is 18.0 Å². The quantitative estimate of drug-likeness (QED) is 0.441. The van der Waals surface area contributed by atoms with Gasteiger partial charge in [0.25, 0.3) is 0 Å². The molecule has 0 aliphatic heterocycles. The monoisotopic (exact) mass is 450 g/mol. The third-order valence-corrected chi connectivity index (χ3v) is 7.24. The summed E-state index contributed by atoms with van der Waals surface area (Å²) in [6.07, 6.45) is 3.30. The van der Waals surface area contributed by atoms with Crippen LogP contribution in [0, 0.1) is 23.7 Å². The van der Waals surface area contributed by atoms with Crippen LogP contribution in [0.1, 0.15) is 47.5 Å². The second-order valence-corrected chi connectivity index (χ2v) is 10.2. The summed E-state index contributed by atoms with van der Waals surface area (Å²) in [4.78, 5) is 23.2. The molecule has 7 nitrogen and oxygen atoms in total. The Morgan fingerprint density at radius 3 is 2.39 bits per heavy atom. The summed E-state index contributed by atoms with van der Waals surface area (Å²) in [5, 5.41) is 2.62. The van der Waals surface area contributed by atoms with Crippen LogP contribution in [-0.4, -0.2) is 33.4 Å². The van der Waals surface area contributed by atoms with E-state index in [-0.39, 0.29) is 34.5 Å². The van der Waals surface area contributed by atoms with Crippen LogP contribution < -0.4 is 10.0 Å². The van der Waals surface area contributed by atoms with E-state index in [0.29, 0.717) is 31.2 Å². The molecule has 2 rings (SSSR count). The summed E-state index contributed by atoms with van der Waals surface area (Å²) in [7, 11) is -3.68. The van der Waals surface area contributed by atoms with Crippen molar-refractivity contribution in [2.24, 2.45) is 23.7 Å². The van der Waals surface area contributed by atoms with Gasteiger partial charge < -0.3 is 10.1 Å². The third-order valence-electron chi connectivity index (χ3n) is 5.80. The van der Waals surface area contributed by atoms with Crippen molar-refractivity contribution in [3.63, 3.8) is 0 Å². The Balaban J connectivity index is 2.10. The van der Waals surface area contributed by atoms with Gasteiger partial charge in [-0.25, -0.2) is 13.1 Å². The highest BCUT2D eigenvalue weighted by Crippen LogP contribution is 2.39. The molecule has 0 saturated heterocycles. The Morgan fingerprint density at radius 1 is 1.19 bits per heavy atom. The van der Waals surface area contributed by atoms with Crippen LogP contribution in [0.3, 0.4) is 0 Å². The summed E-state index contributed by atoms with van der Waals surface area (Å²) in [5.74, 6) is 0.375. The molecule has 1 amide bonds. The standard InChI is InChI=1S/C23H34N2O5S/c1-6-30-23(27)13-18-12-22(15(2)3)19(11-16(18)4)14-24-31(28,29)21-9-7-20(8-10-21)25-17(5)26/h7-11,15,18-19,22,24H,6,12-14H2,1-5H3,(H,25,26). The number of carbonyl (C=O) groups is 2. The van der Waals surface area contributed by atoms with E-state index in [1.165, 1.54) is 19.1 Å². The minimum atomic E-state index is -3.68. The van der Waals surface area contributed by atoms with E-state index in [1.807, 2.05) is 6.92 Å². The van der Waals surface area contributed by atoms with Crippen LogP contribution in [0.15, 0.2) is 40.8 Å². The molecule has 0 heterocycles. The van der Waals surface area contributed by atoms with E-state index in [2.05, 4.69) is 30.0 Å². The molecule has 0 aromatic heterocycles. The second-order valence-electron chi connectivity index (χ2n) is 8.48. The van der Waals surface area contributed by atoms with E-state index in [0.717, 1.165) is 12.0 Å². The van der Waals surface area contributed by atoms with Gasteiger partial charge >= 0.3 is 5.97 Å². The summed E-state index contributed by atoms with van der Waals surface area (Å²) in [5.41, 5.74) is 1.65. The molecule has 31 heavy (non-hydrogen) atoms. The molecule has 0 saturated carbocycles. The molecule has 0 fully saturated rings.